The van der Waals surface area contributed by atoms with Gasteiger partial charge in [-0.25, -0.2) is 9.78 Å². The van der Waals surface area contributed by atoms with Crippen molar-refractivity contribution in [3.8, 4) is 0 Å². The van der Waals surface area contributed by atoms with Crippen molar-refractivity contribution in [2.24, 2.45) is 5.41 Å². The SMILES string of the molecule is Cc1nc2cccc(C(=O)O)c2n1CC1(C)CCCCC1. The third-order valence-corrected chi connectivity index (χ3v) is 4.79. The molecule has 1 aliphatic carbocycles. The molecule has 1 heterocycles. The van der Waals surface area contributed by atoms with Gasteiger partial charge in [0.25, 0.3) is 0 Å². The summed E-state index contributed by atoms with van der Waals surface area (Å²) in [5.41, 5.74) is 2.16. The maximum Gasteiger partial charge on any atom is 0.337 e. The molecule has 0 radical (unpaired) electrons. The Morgan fingerprint density at radius 3 is 2.71 bits per heavy atom. The summed E-state index contributed by atoms with van der Waals surface area (Å²) in [4.78, 5) is 16.1. The highest BCUT2D eigenvalue weighted by Gasteiger charge is 2.29. The van der Waals surface area contributed by atoms with Gasteiger partial charge in [0, 0.05) is 6.54 Å². The fourth-order valence-electron chi connectivity index (χ4n) is 3.61. The molecule has 1 saturated carbocycles. The van der Waals surface area contributed by atoms with Crippen LogP contribution in [0.5, 0.6) is 0 Å². The fraction of sp³-hybridized carbons (Fsp3) is 0.529. The van der Waals surface area contributed by atoms with Crippen LogP contribution in [0.2, 0.25) is 0 Å². The molecule has 0 atom stereocenters. The van der Waals surface area contributed by atoms with E-state index < -0.39 is 5.97 Å². The molecule has 0 spiro atoms. The predicted molar refractivity (Wildman–Crippen MR) is 82.6 cm³/mol. The number of carboxylic acids is 1. The molecule has 3 rings (SSSR count). The third-order valence-electron chi connectivity index (χ3n) is 4.79. The van der Waals surface area contributed by atoms with Crippen LogP contribution in [0.3, 0.4) is 0 Å². The van der Waals surface area contributed by atoms with Crippen LogP contribution >= 0.6 is 0 Å². The van der Waals surface area contributed by atoms with Crippen molar-refractivity contribution in [3.05, 3.63) is 29.6 Å². The van der Waals surface area contributed by atoms with Gasteiger partial charge < -0.3 is 9.67 Å². The Morgan fingerprint density at radius 1 is 1.33 bits per heavy atom. The van der Waals surface area contributed by atoms with Gasteiger partial charge in [-0.05, 0) is 37.3 Å². The van der Waals surface area contributed by atoms with E-state index in [2.05, 4.69) is 16.5 Å². The first-order valence-corrected chi connectivity index (χ1v) is 7.69. The summed E-state index contributed by atoms with van der Waals surface area (Å²) in [7, 11) is 0. The van der Waals surface area contributed by atoms with E-state index in [0.717, 1.165) is 23.4 Å². The molecule has 1 aromatic carbocycles. The molecule has 2 aromatic rings. The molecule has 0 bridgehead atoms. The van der Waals surface area contributed by atoms with Crippen LogP contribution < -0.4 is 0 Å². The topological polar surface area (TPSA) is 55.1 Å². The number of aromatic nitrogens is 2. The van der Waals surface area contributed by atoms with Gasteiger partial charge in [-0.15, -0.1) is 0 Å². The third kappa shape index (κ3) is 2.55. The molecule has 0 amide bonds. The van der Waals surface area contributed by atoms with Gasteiger partial charge in [-0.3, -0.25) is 0 Å². The van der Waals surface area contributed by atoms with Gasteiger partial charge in [0.05, 0.1) is 16.6 Å². The normalized spacial score (nSPS) is 18.0. The monoisotopic (exact) mass is 286 g/mol. The number of aryl methyl sites for hydroxylation is 1. The molecule has 0 unspecified atom stereocenters. The number of nitrogens with zero attached hydrogens (tertiary/aromatic N) is 2. The van der Waals surface area contributed by atoms with E-state index >= 15 is 0 Å². The van der Waals surface area contributed by atoms with Crippen molar-refractivity contribution in [2.45, 2.75) is 52.5 Å². The van der Waals surface area contributed by atoms with Crippen LogP contribution in [0.25, 0.3) is 11.0 Å². The minimum atomic E-state index is -0.879. The number of hydrogen-bond donors (Lipinski definition) is 1. The van der Waals surface area contributed by atoms with E-state index in [1.807, 2.05) is 13.0 Å². The Kier molecular flexibility index (Phi) is 3.47. The molecule has 4 nitrogen and oxygen atoms in total. The number of benzene rings is 1. The van der Waals surface area contributed by atoms with E-state index in [0.29, 0.717) is 5.56 Å². The number of fused-ring (bicyclic) bond motifs is 1. The van der Waals surface area contributed by atoms with Gasteiger partial charge in [0.2, 0.25) is 0 Å². The molecule has 1 N–H and O–H groups in total. The summed E-state index contributed by atoms with van der Waals surface area (Å²) in [6.45, 7) is 5.15. The maximum absolute atomic E-state index is 11.5. The lowest BCUT2D eigenvalue weighted by Crippen LogP contribution is -2.27. The smallest absolute Gasteiger partial charge is 0.337 e. The Labute approximate surface area is 124 Å². The number of carbonyl (C=O) groups is 1. The van der Waals surface area contributed by atoms with Crippen molar-refractivity contribution < 1.29 is 9.90 Å². The molecule has 112 valence electrons. The van der Waals surface area contributed by atoms with E-state index in [1.54, 1.807) is 12.1 Å². The summed E-state index contributed by atoms with van der Waals surface area (Å²) in [5, 5.41) is 9.45. The van der Waals surface area contributed by atoms with Crippen molar-refractivity contribution in [1.82, 2.24) is 9.55 Å². The van der Waals surface area contributed by atoms with Gasteiger partial charge >= 0.3 is 5.97 Å². The molecule has 21 heavy (non-hydrogen) atoms. The number of rotatable bonds is 3. The molecular formula is C17H22N2O2. The maximum atomic E-state index is 11.5. The first-order chi connectivity index (χ1) is 10.0. The zero-order chi connectivity index (χ0) is 15.0. The van der Waals surface area contributed by atoms with Crippen molar-refractivity contribution in [3.63, 3.8) is 0 Å². The first-order valence-electron chi connectivity index (χ1n) is 7.69. The lowest BCUT2D eigenvalue weighted by molar-refractivity contribution is 0.0698. The van der Waals surface area contributed by atoms with Gasteiger partial charge in [-0.1, -0.05) is 32.3 Å². The molecule has 1 aliphatic rings. The van der Waals surface area contributed by atoms with E-state index in [1.165, 1.54) is 32.1 Å². The lowest BCUT2D eigenvalue weighted by Gasteiger charge is -2.34. The predicted octanol–water partition coefficient (Wildman–Crippen LogP) is 4.01. The zero-order valence-corrected chi connectivity index (χ0v) is 12.7. The van der Waals surface area contributed by atoms with Crippen molar-refractivity contribution >= 4 is 17.0 Å². The average Bonchev–Trinajstić information content (AvgIpc) is 2.75. The Hall–Kier alpha value is -1.84. The standard InChI is InChI=1S/C17H22N2O2/c1-12-18-14-8-6-7-13(16(20)21)15(14)19(12)11-17(2)9-4-3-5-10-17/h6-8H,3-5,9-11H2,1-2H3,(H,20,21). The molecule has 0 saturated heterocycles. The molecule has 0 aliphatic heterocycles. The van der Waals surface area contributed by atoms with Gasteiger partial charge in [0.1, 0.15) is 5.82 Å². The first kappa shape index (κ1) is 14.1. The highest BCUT2D eigenvalue weighted by Crippen LogP contribution is 2.38. The van der Waals surface area contributed by atoms with Crippen LogP contribution in [0, 0.1) is 12.3 Å². The van der Waals surface area contributed by atoms with Crippen molar-refractivity contribution in [1.29, 1.82) is 0 Å². The largest absolute Gasteiger partial charge is 0.478 e. The highest BCUT2D eigenvalue weighted by molar-refractivity contribution is 6.01. The Morgan fingerprint density at radius 2 is 2.05 bits per heavy atom. The Balaban J connectivity index is 2.09. The number of carboxylic acid groups (broad SMARTS) is 1. The summed E-state index contributed by atoms with van der Waals surface area (Å²) in [6, 6.07) is 5.34. The summed E-state index contributed by atoms with van der Waals surface area (Å²) >= 11 is 0. The van der Waals surface area contributed by atoms with Crippen LogP contribution in [-0.4, -0.2) is 20.6 Å². The van der Waals surface area contributed by atoms with Crippen LogP contribution in [-0.2, 0) is 6.54 Å². The minimum absolute atomic E-state index is 0.252. The number of imidazole rings is 1. The summed E-state index contributed by atoms with van der Waals surface area (Å²) in [6.07, 6.45) is 6.28. The van der Waals surface area contributed by atoms with Gasteiger partial charge in [0.15, 0.2) is 0 Å². The average molecular weight is 286 g/mol. The van der Waals surface area contributed by atoms with E-state index in [9.17, 15) is 9.90 Å². The second-order valence-corrected chi connectivity index (χ2v) is 6.59. The molecule has 1 aromatic heterocycles. The zero-order valence-electron chi connectivity index (χ0n) is 12.7. The second kappa shape index (κ2) is 5.17. The van der Waals surface area contributed by atoms with Crippen molar-refractivity contribution in [2.75, 3.05) is 0 Å². The van der Waals surface area contributed by atoms with Crippen LogP contribution in [0.15, 0.2) is 18.2 Å². The number of aromatic carboxylic acids is 1. The van der Waals surface area contributed by atoms with Gasteiger partial charge in [-0.2, -0.15) is 0 Å². The minimum Gasteiger partial charge on any atom is -0.478 e. The number of hydrogen-bond acceptors (Lipinski definition) is 2. The van der Waals surface area contributed by atoms with E-state index in [-0.39, 0.29) is 5.41 Å². The van der Waals surface area contributed by atoms with Crippen LogP contribution in [0.4, 0.5) is 0 Å². The second-order valence-electron chi connectivity index (χ2n) is 6.59. The van der Waals surface area contributed by atoms with E-state index in [4.69, 9.17) is 0 Å². The summed E-state index contributed by atoms with van der Waals surface area (Å²) < 4.78 is 2.12. The quantitative estimate of drug-likeness (QED) is 0.927. The molecule has 1 fully saturated rings. The molecular weight excluding hydrogens is 264 g/mol. The van der Waals surface area contributed by atoms with Crippen LogP contribution in [0.1, 0.15) is 55.2 Å². The highest BCUT2D eigenvalue weighted by atomic mass is 16.4. The fourth-order valence-corrected chi connectivity index (χ4v) is 3.61. The Bertz CT molecular complexity index is 681. The molecule has 4 heteroatoms. The summed E-state index contributed by atoms with van der Waals surface area (Å²) in [5.74, 6) is 0.0287. The lowest BCUT2D eigenvalue weighted by atomic mass is 9.75. The number of para-hydroxylation sites is 1.